The monoisotopic (exact) mass is 391 g/mol. The van der Waals surface area contributed by atoms with E-state index in [9.17, 15) is 5.11 Å². The molecule has 6 nitrogen and oxygen atoms in total. The molecule has 0 atom stereocenters. The molecule has 2 spiro atoms. The van der Waals surface area contributed by atoms with Crippen LogP contribution in [0.15, 0.2) is 24.3 Å². The fraction of sp³-hybridized carbons (Fsp3) is 0.609. The van der Waals surface area contributed by atoms with Crippen LogP contribution in [0.1, 0.15) is 49.9 Å². The van der Waals surface area contributed by atoms with E-state index in [1.807, 2.05) is 0 Å². The summed E-state index contributed by atoms with van der Waals surface area (Å²) in [5, 5.41) is 9.57. The number of β-amino-alcohol motifs (C(OH)–C–C–N with tert-alkyl or cyclic N) is 1. The Labute approximate surface area is 172 Å². The van der Waals surface area contributed by atoms with Gasteiger partial charge in [0, 0.05) is 43.7 Å². The molecule has 0 saturated heterocycles. The van der Waals surface area contributed by atoms with Crippen LogP contribution in [0.3, 0.4) is 0 Å². The van der Waals surface area contributed by atoms with Crippen molar-refractivity contribution in [1.29, 1.82) is 0 Å². The Bertz CT molecular complexity index is 919. The van der Waals surface area contributed by atoms with Gasteiger partial charge in [0.1, 0.15) is 5.82 Å². The summed E-state index contributed by atoms with van der Waals surface area (Å²) in [5.74, 6) is 2.61. The van der Waals surface area contributed by atoms with Gasteiger partial charge in [-0.25, -0.2) is 4.98 Å². The third-order valence-electron chi connectivity index (χ3n) is 7.56. The molecule has 7 rings (SSSR count). The predicted octanol–water partition coefficient (Wildman–Crippen LogP) is 2.51. The Kier molecular flexibility index (Phi) is 3.97. The van der Waals surface area contributed by atoms with Gasteiger partial charge in [0.05, 0.1) is 6.61 Å². The number of anilines is 1. The Morgan fingerprint density at radius 3 is 2.38 bits per heavy atom. The van der Waals surface area contributed by atoms with Gasteiger partial charge >= 0.3 is 0 Å². The third kappa shape index (κ3) is 3.04. The highest BCUT2D eigenvalue weighted by molar-refractivity contribution is 5.58. The van der Waals surface area contributed by atoms with Gasteiger partial charge in [-0.3, -0.25) is 4.90 Å². The highest BCUT2D eigenvalue weighted by Crippen LogP contribution is 2.52. The van der Waals surface area contributed by atoms with Crippen LogP contribution in [-0.2, 0) is 10.8 Å². The molecule has 2 saturated carbocycles. The minimum absolute atomic E-state index is 0.0344. The molecule has 5 aliphatic rings. The molecule has 2 aromatic rings. The summed E-state index contributed by atoms with van der Waals surface area (Å²) < 4.78 is 0. The van der Waals surface area contributed by atoms with E-state index in [2.05, 4.69) is 34.1 Å². The number of hydrogen-bond acceptors (Lipinski definition) is 6. The molecule has 6 heteroatoms. The minimum Gasteiger partial charge on any atom is -0.395 e. The molecule has 152 valence electrons. The number of aliphatic hydroxyl groups excluding tert-OH is 1. The topological polar surface area (TPSA) is 65.4 Å². The molecule has 29 heavy (non-hydrogen) atoms. The van der Waals surface area contributed by atoms with E-state index in [-0.39, 0.29) is 12.0 Å². The SMILES string of the molecule is OCCN1CCN2CCCC3(CC3)c3ccc(cc3)-c3nc2nc(n3)C2(CC2)C1. The molecule has 2 fully saturated rings. The van der Waals surface area contributed by atoms with E-state index in [1.165, 1.54) is 24.8 Å². The van der Waals surface area contributed by atoms with E-state index >= 15 is 0 Å². The van der Waals surface area contributed by atoms with Crippen LogP contribution in [-0.4, -0.2) is 64.3 Å². The van der Waals surface area contributed by atoms with E-state index in [0.29, 0.717) is 5.41 Å². The van der Waals surface area contributed by atoms with E-state index < -0.39 is 0 Å². The van der Waals surface area contributed by atoms with Crippen molar-refractivity contribution < 1.29 is 5.11 Å². The first-order valence-corrected chi connectivity index (χ1v) is 11.2. The van der Waals surface area contributed by atoms with Gasteiger partial charge in [0.2, 0.25) is 5.95 Å². The van der Waals surface area contributed by atoms with Crippen LogP contribution in [0.25, 0.3) is 11.4 Å². The van der Waals surface area contributed by atoms with Crippen molar-refractivity contribution in [3.05, 3.63) is 35.7 Å². The molecule has 0 unspecified atom stereocenters. The number of aliphatic hydroxyl groups is 1. The second-order valence-electron chi connectivity index (χ2n) is 9.51. The summed E-state index contributed by atoms with van der Waals surface area (Å²) in [6, 6.07) is 9.03. The Morgan fingerprint density at radius 2 is 1.66 bits per heavy atom. The smallest absolute Gasteiger partial charge is 0.229 e. The molecule has 1 aromatic carbocycles. The lowest BCUT2D eigenvalue weighted by Crippen LogP contribution is -2.40. The third-order valence-corrected chi connectivity index (χ3v) is 7.56. The largest absolute Gasteiger partial charge is 0.395 e. The van der Waals surface area contributed by atoms with Crippen molar-refractivity contribution in [3.63, 3.8) is 0 Å². The van der Waals surface area contributed by atoms with Crippen molar-refractivity contribution in [2.24, 2.45) is 0 Å². The van der Waals surface area contributed by atoms with Crippen molar-refractivity contribution in [2.45, 2.75) is 49.4 Å². The van der Waals surface area contributed by atoms with Crippen LogP contribution in [0.2, 0.25) is 0 Å². The van der Waals surface area contributed by atoms with Crippen LogP contribution >= 0.6 is 0 Å². The average molecular weight is 392 g/mol. The summed E-state index contributed by atoms with van der Waals surface area (Å²) in [5.41, 5.74) is 3.01. The highest BCUT2D eigenvalue weighted by Gasteiger charge is 2.49. The predicted molar refractivity (Wildman–Crippen MR) is 112 cm³/mol. The van der Waals surface area contributed by atoms with Gasteiger partial charge in [-0.2, -0.15) is 9.97 Å². The molecule has 2 aliphatic carbocycles. The van der Waals surface area contributed by atoms with Crippen molar-refractivity contribution >= 4 is 5.95 Å². The first-order valence-electron chi connectivity index (χ1n) is 11.2. The number of hydrogen-bond donors (Lipinski definition) is 1. The number of fused-ring (bicyclic) bond motifs is 6. The molecule has 4 heterocycles. The lowest BCUT2D eigenvalue weighted by atomic mass is 9.90. The molecule has 0 radical (unpaired) electrons. The van der Waals surface area contributed by atoms with E-state index in [0.717, 1.165) is 75.1 Å². The summed E-state index contributed by atoms with van der Waals surface area (Å²) in [7, 11) is 0. The second kappa shape index (κ2) is 6.47. The summed E-state index contributed by atoms with van der Waals surface area (Å²) in [6.07, 6.45) is 7.26. The minimum atomic E-state index is 0.0344. The lowest BCUT2D eigenvalue weighted by Gasteiger charge is -2.28. The lowest BCUT2D eigenvalue weighted by molar-refractivity contribution is 0.186. The number of benzene rings is 1. The molecule has 1 N–H and O–H groups in total. The van der Waals surface area contributed by atoms with Gasteiger partial charge in [-0.05, 0) is 49.5 Å². The van der Waals surface area contributed by atoms with E-state index in [1.54, 1.807) is 0 Å². The van der Waals surface area contributed by atoms with Gasteiger partial charge in [-0.1, -0.05) is 24.3 Å². The second-order valence-corrected chi connectivity index (χ2v) is 9.51. The van der Waals surface area contributed by atoms with Gasteiger partial charge in [0.15, 0.2) is 5.82 Å². The zero-order chi connectivity index (χ0) is 19.5. The van der Waals surface area contributed by atoms with Crippen LogP contribution < -0.4 is 4.90 Å². The highest BCUT2D eigenvalue weighted by atomic mass is 16.3. The normalized spacial score (nSPS) is 24.0. The number of rotatable bonds is 2. The standard InChI is InChI=1S/C23H29N5O/c29-15-14-27-12-13-28-11-1-6-22(7-8-22)18-4-2-17(3-5-18)19-24-20(26-21(28)25-19)23(16-27)9-10-23/h2-5,29H,1,6-16H2. The fourth-order valence-electron chi connectivity index (χ4n) is 5.30. The maximum atomic E-state index is 9.57. The first-order chi connectivity index (χ1) is 14.2. The molecule has 5 bridgehead atoms. The quantitative estimate of drug-likeness (QED) is 0.849. The van der Waals surface area contributed by atoms with Crippen molar-refractivity contribution in [1.82, 2.24) is 19.9 Å². The van der Waals surface area contributed by atoms with Gasteiger partial charge < -0.3 is 10.0 Å². The Morgan fingerprint density at radius 1 is 0.862 bits per heavy atom. The maximum Gasteiger partial charge on any atom is 0.229 e. The summed E-state index contributed by atoms with van der Waals surface area (Å²) in [4.78, 5) is 19.7. The van der Waals surface area contributed by atoms with E-state index in [4.69, 9.17) is 15.0 Å². The zero-order valence-electron chi connectivity index (χ0n) is 17.0. The van der Waals surface area contributed by atoms with Crippen LogP contribution in [0, 0.1) is 0 Å². The van der Waals surface area contributed by atoms with Crippen molar-refractivity contribution in [3.8, 4) is 11.4 Å². The fourth-order valence-corrected chi connectivity index (χ4v) is 5.30. The molecule has 0 amide bonds. The summed E-state index contributed by atoms with van der Waals surface area (Å²) >= 11 is 0. The first kappa shape index (κ1) is 17.8. The average Bonchev–Trinajstić information content (AvgIpc) is 3.66. The molecular weight excluding hydrogens is 362 g/mol. The summed E-state index contributed by atoms with van der Waals surface area (Å²) in [6.45, 7) is 4.69. The Hall–Kier alpha value is -2.05. The molecule has 3 aliphatic heterocycles. The molecule has 1 aromatic heterocycles. The van der Waals surface area contributed by atoms with Gasteiger partial charge in [0.25, 0.3) is 0 Å². The Balaban J connectivity index is 1.47. The zero-order valence-corrected chi connectivity index (χ0v) is 17.0. The number of aromatic nitrogens is 3. The van der Waals surface area contributed by atoms with Crippen LogP contribution in [0.4, 0.5) is 5.95 Å². The van der Waals surface area contributed by atoms with Crippen molar-refractivity contribution in [2.75, 3.05) is 44.2 Å². The van der Waals surface area contributed by atoms with Gasteiger partial charge in [-0.15, -0.1) is 0 Å². The van der Waals surface area contributed by atoms with Crippen LogP contribution in [0.5, 0.6) is 0 Å². The number of nitrogens with zero attached hydrogens (tertiary/aromatic N) is 5. The molecular formula is C23H29N5O. The maximum absolute atomic E-state index is 9.57.